The van der Waals surface area contributed by atoms with Crippen LogP contribution in [0.4, 0.5) is 0 Å². The van der Waals surface area contributed by atoms with E-state index in [2.05, 4.69) is 24.5 Å². The van der Waals surface area contributed by atoms with E-state index in [0.717, 1.165) is 38.5 Å². The van der Waals surface area contributed by atoms with Gasteiger partial charge in [0.25, 0.3) is 0 Å². The Hall–Kier alpha value is -1.06. The lowest BCUT2D eigenvalue weighted by molar-refractivity contribution is -0.121. The van der Waals surface area contributed by atoms with Gasteiger partial charge in [-0.2, -0.15) is 0 Å². The molecule has 0 spiro atoms. The quantitative estimate of drug-likeness (QED) is 0.541. The fraction of sp³-hybridized carbons (Fsp3) is 0.875. The largest absolute Gasteiger partial charge is 0.356 e. The number of unbranched alkanes of at least 4 members (excludes halogenated alkanes) is 4. The summed E-state index contributed by atoms with van der Waals surface area (Å²) in [6, 6.07) is 0. The van der Waals surface area contributed by atoms with E-state index in [-0.39, 0.29) is 17.7 Å². The van der Waals surface area contributed by atoms with E-state index in [1.807, 2.05) is 6.92 Å². The van der Waals surface area contributed by atoms with Crippen LogP contribution in [0.1, 0.15) is 72.1 Å². The Kier molecular flexibility index (Phi) is 12.3. The minimum Gasteiger partial charge on any atom is -0.356 e. The molecule has 2 amide bonds. The van der Waals surface area contributed by atoms with Gasteiger partial charge in [0.15, 0.2) is 0 Å². The van der Waals surface area contributed by atoms with Gasteiger partial charge in [0.05, 0.1) is 0 Å². The fourth-order valence-corrected chi connectivity index (χ4v) is 1.90. The highest BCUT2D eigenvalue weighted by Gasteiger charge is 2.07. The second kappa shape index (κ2) is 12.9. The molecule has 0 radical (unpaired) electrons. The zero-order chi connectivity index (χ0) is 15.2. The molecule has 20 heavy (non-hydrogen) atoms. The first-order valence-electron chi connectivity index (χ1n) is 8.13. The predicted octanol–water partition coefficient (Wildman–Crippen LogP) is 3.02. The van der Waals surface area contributed by atoms with E-state index < -0.39 is 0 Å². The minimum absolute atomic E-state index is 0.125. The Morgan fingerprint density at radius 3 is 1.55 bits per heavy atom. The summed E-state index contributed by atoms with van der Waals surface area (Å²) in [6.45, 7) is 7.57. The Labute approximate surface area is 124 Å². The van der Waals surface area contributed by atoms with Crippen LogP contribution in [0.15, 0.2) is 0 Å². The lowest BCUT2D eigenvalue weighted by atomic mass is 10.1. The van der Waals surface area contributed by atoms with Crippen molar-refractivity contribution in [1.29, 1.82) is 0 Å². The zero-order valence-corrected chi connectivity index (χ0v) is 13.5. The Morgan fingerprint density at radius 2 is 1.20 bits per heavy atom. The van der Waals surface area contributed by atoms with Crippen LogP contribution >= 0.6 is 0 Å². The first-order valence-corrected chi connectivity index (χ1v) is 8.13. The van der Waals surface area contributed by atoms with Gasteiger partial charge in [-0.25, -0.2) is 0 Å². The third-order valence-electron chi connectivity index (χ3n) is 3.31. The van der Waals surface area contributed by atoms with Crippen LogP contribution in [-0.4, -0.2) is 24.9 Å². The molecule has 0 saturated carbocycles. The standard InChI is InChI=1S/C16H32N2O2/c1-4-6-8-10-15(19)17-12-14(3)13-18-16(20)11-9-7-5-2/h14H,4-13H2,1-3H3,(H,17,19)(H,18,20). The number of nitrogens with one attached hydrogen (secondary N) is 2. The third-order valence-corrected chi connectivity index (χ3v) is 3.31. The van der Waals surface area contributed by atoms with Crippen molar-refractivity contribution in [2.75, 3.05) is 13.1 Å². The molecule has 0 fully saturated rings. The van der Waals surface area contributed by atoms with Crippen LogP contribution < -0.4 is 10.6 Å². The molecule has 0 aliphatic rings. The molecule has 0 aromatic rings. The smallest absolute Gasteiger partial charge is 0.220 e. The van der Waals surface area contributed by atoms with Gasteiger partial charge >= 0.3 is 0 Å². The molecule has 0 bridgehead atoms. The van der Waals surface area contributed by atoms with E-state index in [9.17, 15) is 9.59 Å². The Balaban J connectivity index is 3.55. The number of amides is 2. The first kappa shape index (κ1) is 18.9. The van der Waals surface area contributed by atoms with Gasteiger partial charge in [0.2, 0.25) is 11.8 Å². The fourth-order valence-electron chi connectivity index (χ4n) is 1.90. The van der Waals surface area contributed by atoms with Crippen LogP contribution in [0.25, 0.3) is 0 Å². The van der Waals surface area contributed by atoms with Crippen LogP contribution in [0.5, 0.6) is 0 Å². The summed E-state index contributed by atoms with van der Waals surface area (Å²) in [5.41, 5.74) is 0. The third kappa shape index (κ3) is 12.0. The van der Waals surface area contributed by atoms with Crippen molar-refractivity contribution in [3.05, 3.63) is 0 Å². The van der Waals surface area contributed by atoms with E-state index >= 15 is 0 Å². The molecule has 0 atom stereocenters. The molecule has 0 aliphatic carbocycles. The number of rotatable bonds is 12. The molecule has 118 valence electrons. The second-order valence-electron chi connectivity index (χ2n) is 5.63. The number of carbonyl (C=O) groups excluding carboxylic acids is 2. The van der Waals surface area contributed by atoms with Gasteiger partial charge in [-0.05, 0) is 18.8 Å². The summed E-state index contributed by atoms with van der Waals surface area (Å²) >= 11 is 0. The monoisotopic (exact) mass is 284 g/mol. The SMILES string of the molecule is CCCCCC(=O)NCC(C)CNC(=O)CCCCC. The summed E-state index contributed by atoms with van der Waals surface area (Å²) in [5, 5.41) is 5.85. The maximum Gasteiger partial charge on any atom is 0.220 e. The number of hydrogen-bond donors (Lipinski definition) is 2. The van der Waals surface area contributed by atoms with Gasteiger partial charge in [0, 0.05) is 25.9 Å². The molecular weight excluding hydrogens is 252 g/mol. The lowest BCUT2D eigenvalue weighted by Crippen LogP contribution is -2.35. The normalized spacial score (nSPS) is 10.6. The van der Waals surface area contributed by atoms with Crippen molar-refractivity contribution < 1.29 is 9.59 Å². The molecule has 0 aliphatic heterocycles. The van der Waals surface area contributed by atoms with E-state index in [1.54, 1.807) is 0 Å². The van der Waals surface area contributed by atoms with Gasteiger partial charge in [-0.15, -0.1) is 0 Å². The second-order valence-corrected chi connectivity index (χ2v) is 5.63. The molecule has 0 heterocycles. The summed E-state index contributed by atoms with van der Waals surface area (Å²) in [5.74, 6) is 0.527. The Morgan fingerprint density at radius 1 is 0.800 bits per heavy atom. The molecule has 0 saturated heterocycles. The van der Waals surface area contributed by atoms with E-state index in [0.29, 0.717) is 25.9 Å². The topological polar surface area (TPSA) is 58.2 Å². The van der Waals surface area contributed by atoms with Crippen molar-refractivity contribution in [2.24, 2.45) is 5.92 Å². The summed E-state index contributed by atoms with van der Waals surface area (Å²) in [7, 11) is 0. The molecule has 0 rings (SSSR count). The van der Waals surface area contributed by atoms with Crippen molar-refractivity contribution >= 4 is 11.8 Å². The minimum atomic E-state index is 0.125. The average Bonchev–Trinajstić information content (AvgIpc) is 2.43. The molecule has 0 unspecified atom stereocenters. The van der Waals surface area contributed by atoms with E-state index in [4.69, 9.17) is 0 Å². The molecule has 4 heteroatoms. The lowest BCUT2D eigenvalue weighted by Gasteiger charge is -2.13. The molecule has 2 N–H and O–H groups in total. The zero-order valence-electron chi connectivity index (χ0n) is 13.5. The van der Waals surface area contributed by atoms with Crippen LogP contribution in [0.3, 0.4) is 0 Å². The van der Waals surface area contributed by atoms with Crippen LogP contribution in [0, 0.1) is 5.92 Å². The van der Waals surface area contributed by atoms with Crippen molar-refractivity contribution in [3.8, 4) is 0 Å². The molecule has 0 aromatic carbocycles. The predicted molar refractivity (Wildman–Crippen MR) is 83.5 cm³/mol. The van der Waals surface area contributed by atoms with Gasteiger partial charge < -0.3 is 10.6 Å². The Bertz CT molecular complexity index is 241. The van der Waals surface area contributed by atoms with Crippen molar-refractivity contribution in [1.82, 2.24) is 10.6 Å². The maximum absolute atomic E-state index is 11.5. The van der Waals surface area contributed by atoms with Gasteiger partial charge in [-0.1, -0.05) is 46.5 Å². The molecule has 4 nitrogen and oxygen atoms in total. The highest BCUT2D eigenvalue weighted by molar-refractivity contribution is 5.76. The number of carbonyl (C=O) groups is 2. The molecule has 0 aromatic heterocycles. The molecular formula is C16H32N2O2. The maximum atomic E-state index is 11.5. The highest BCUT2D eigenvalue weighted by atomic mass is 16.2. The van der Waals surface area contributed by atoms with Crippen molar-refractivity contribution in [3.63, 3.8) is 0 Å². The van der Waals surface area contributed by atoms with Gasteiger partial charge in [0.1, 0.15) is 0 Å². The van der Waals surface area contributed by atoms with Crippen molar-refractivity contribution in [2.45, 2.75) is 72.1 Å². The average molecular weight is 284 g/mol. The van der Waals surface area contributed by atoms with Gasteiger partial charge in [-0.3, -0.25) is 9.59 Å². The van der Waals surface area contributed by atoms with E-state index in [1.165, 1.54) is 0 Å². The van der Waals surface area contributed by atoms with Crippen LogP contribution in [-0.2, 0) is 9.59 Å². The number of hydrogen-bond acceptors (Lipinski definition) is 2. The highest BCUT2D eigenvalue weighted by Crippen LogP contribution is 2.00. The van der Waals surface area contributed by atoms with Crippen LogP contribution in [0.2, 0.25) is 0 Å². The first-order chi connectivity index (χ1) is 9.60. The summed E-state index contributed by atoms with van der Waals surface area (Å²) in [6.07, 6.45) is 7.64. The summed E-state index contributed by atoms with van der Waals surface area (Å²) in [4.78, 5) is 23.1. The summed E-state index contributed by atoms with van der Waals surface area (Å²) < 4.78 is 0.